The number of aromatic hydroxyl groups is 1. The maximum absolute atomic E-state index is 11.2. The minimum Gasteiger partial charge on any atom is -0.506 e. The van der Waals surface area contributed by atoms with Gasteiger partial charge in [0.25, 0.3) is 0 Å². The second-order valence-electron chi connectivity index (χ2n) is 3.25. The Hall–Kier alpha value is -1.42. The van der Waals surface area contributed by atoms with E-state index in [1.807, 2.05) is 0 Å². The number of phenols is 1. The van der Waals surface area contributed by atoms with E-state index in [0.717, 1.165) is 0 Å². The second-order valence-corrected chi connectivity index (χ2v) is 3.65. The Labute approximate surface area is 92.8 Å². The summed E-state index contributed by atoms with van der Waals surface area (Å²) in [6, 6.07) is 4.41. The molecule has 0 saturated heterocycles. The third-order valence-corrected chi connectivity index (χ3v) is 1.85. The molecule has 0 bridgehead atoms. The number of nitrogens with one attached hydrogen (secondary N) is 1. The van der Waals surface area contributed by atoms with Crippen LogP contribution in [0.25, 0.3) is 0 Å². The molecule has 82 valence electrons. The number of rotatable bonds is 2. The van der Waals surface area contributed by atoms with Crippen LogP contribution in [0.15, 0.2) is 18.2 Å². The number of ether oxygens (including phenoxy) is 1. The van der Waals surface area contributed by atoms with Crippen molar-refractivity contribution in [3.63, 3.8) is 0 Å². The molecule has 2 N–H and O–H groups in total. The number of carbonyl (C=O) groups excluding carboxylic acids is 1. The van der Waals surface area contributed by atoms with E-state index in [4.69, 9.17) is 16.3 Å². The highest BCUT2D eigenvalue weighted by Gasteiger charge is 2.06. The van der Waals surface area contributed by atoms with Crippen molar-refractivity contribution >= 4 is 23.4 Å². The van der Waals surface area contributed by atoms with Gasteiger partial charge in [-0.2, -0.15) is 0 Å². The monoisotopic (exact) mass is 229 g/mol. The third-order valence-electron chi connectivity index (χ3n) is 1.54. The summed E-state index contributed by atoms with van der Waals surface area (Å²) in [5.41, 5.74) is 0.433. The van der Waals surface area contributed by atoms with Crippen LogP contribution in [-0.4, -0.2) is 17.3 Å². The number of anilines is 1. The van der Waals surface area contributed by atoms with Gasteiger partial charge in [-0.3, -0.25) is 5.32 Å². The first-order chi connectivity index (χ1) is 6.99. The van der Waals surface area contributed by atoms with E-state index in [0.29, 0.717) is 5.69 Å². The maximum atomic E-state index is 11.2. The van der Waals surface area contributed by atoms with Crippen LogP contribution in [0.3, 0.4) is 0 Å². The molecule has 0 aromatic heterocycles. The lowest BCUT2D eigenvalue weighted by Crippen LogP contribution is -2.17. The fourth-order valence-electron chi connectivity index (χ4n) is 0.952. The van der Waals surface area contributed by atoms with E-state index in [1.54, 1.807) is 19.9 Å². The fourth-order valence-corrected chi connectivity index (χ4v) is 1.07. The van der Waals surface area contributed by atoms with E-state index < -0.39 is 6.09 Å². The molecule has 1 amide bonds. The topological polar surface area (TPSA) is 58.6 Å². The zero-order valence-corrected chi connectivity index (χ0v) is 9.21. The van der Waals surface area contributed by atoms with Gasteiger partial charge in [0.15, 0.2) is 0 Å². The zero-order valence-electron chi connectivity index (χ0n) is 8.45. The Morgan fingerprint density at radius 2 is 2.20 bits per heavy atom. The standard InChI is InChI=1S/C10H12ClNO3/c1-6(2)15-10(14)12-7-3-4-8(11)9(13)5-7/h3-6,13H,1-2H3,(H,12,14). The third kappa shape index (κ3) is 3.67. The molecule has 0 radical (unpaired) electrons. The smallest absolute Gasteiger partial charge is 0.411 e. The van der Waals surface area contributed by atoms with E-state index in [2.05, 4.69) is 5.32 Å². The van der Waals surface area contributed by atoms with Crippen molar-refractivity contribution in [2.75, 3.05) is 5.32 Å². The Balaban J connectivity index is 2.65. The van der Waals surface area contributed by atoms with Gasteiger partial charge in [-0.1, -0.05) is 11.6 Å². The van der Waals surface area contributed by atoms with Gasteiger partial charge in [-0.25, -0.2) is 4.79 Å². The summed E-state index contributed by atoms with van der Waals surface area (Å²) >= 11 is 5.61. The van der Waals surface area contributed by atoms with Gasteiger partial charge < -0.3 is 9.84 Å². The molecule has 0 spiro atoms. The van der Waals surface area contributed by atoms with Gasteiger partial charge in [0, 0.05) is 11.8 Å². The molecule has 0 aliphatic carbocycles. The number of hydrogen-bond acceptors (Lipinski definition) is 3. The van der Waals surface area contributed by atoms with Crippen LogP contribution in [0, 0.1) is 0 Å². The number of hydrogen-bond donors (Lipinski definition) is 2. The molecular formula is C10H12ClNO3. The van der Waals surface area contributed by atoms with Crippen molar-refractivity contribution < 1.29 is 14.6 Å². The number of carbonyl (C=O) groups is 1. The molecule has 0 fully saturated rings. The minimum atomic E-state index is -0.563. The van der Waals surface area contributed by atoms with E-state index in [1.165, 1.54) is 12.1 Å². The molecule has 1 aromatic carbocycles. The van der Waals surface area contributed by atoms with Crippen LogP contribution in [0.1, 0.15) is 13.8 Å². The predicted octanol–water partition coefficient (Wildman–Crippen LogP) is 3.00. The normalized spacial score (nSPS) is 10.1. The molecular weight excluding hydrogens is 218 g/mol. The lowest BCUT2D eigenvalue weighted by molar-refractivity contribution is 0.130. The van der Waals surface area contributed by atoms with Crippen LogP contribution < -0.4 is 5.32 Å². The molecule has 0 atom stereocenters. The highest BCUT2D eigenvalue weighted by Crippen LogP contribution is 2.26. The van der Waals surface area contributed by atoms with Crippen molar-refractivity contribution in [2.45, 2.75) is 20.0 Å². The summed E-state index contributed by atoms with van der Waals surface area (Å²) in [6.45, 7) is 3.50. The first kappa shape index (κ1) is 11.7. The van der Waals surface area contributed by atoms with Gasteiger partial charge in [-0.15, -0.1) is 0 Å². The van der Waals surface area contributed by atoms with Crippen LogP contribution in [0.5, 0.6) is 5.75 Å². The Bertz CT molecular complexity index is 366. The predicted molar refractivity (Wildman–Crippen MR) is 58.4 cm³/mol. The van der Waals surface area contributed by atoms with Crippen LogP contribution in [-0.2, 0) is 4.74 Å². The maximum Gasteiger partial charge on any atom is 0.411 e. The summed E-state index contributed by atoms with van der Waals surface area (Å²) < 4.78 is 4.86. The molecule has 0 aliphatic heterocycles. The van der Waals surface area contributed by atoms with Gasteiger partial charge in [0.1, 0.15) is 5.75 Å². The molecule has 5 heteroatoms. The first-order valence-electron chi connectivity index (χ1n) is 4.45. The molecule has 1 aromatic rings. The van der Waals surface area contributed by atoms with Gasteiger partial charge in [-0.05, 0) is 26.0 Å². The van der Waals surface area contributed by atoms with E-state index >= 15 is 0 Å². The fraction of sp³-hybridized carbons (Fsp3) is 0.300. The lowest BCUT2D eigenvalue weighted by atomic mass is 10.3. The Morgan fingerprint density at radius 1 is 1.53 bits per heavy atom. The van der Waals surface area contributed by atoms with Crippen LogP contribution in [0.2, 0.25) is 5.02 Å². The summed E-state index contributed by atoms with van der Waals surface area (Å²) in [6.07, 6.45) is -0.752. The first-order valence-corrected chi connectivity index (χ1v) is 4.83. The van der Waals surface area contributed by atoms with Gasteiger partial charge in [0.05, 0.1) is 11.1 Å². The van der Waals surface area contributed by atoms with Crippen molar-refractivity contribution in [1.29, 1.82) is 0 Å². The van der Waals surface area contributed by atoms with E-state index in [9.17, 15) is 9.90 Å². The highest BCUT2D eigenvalue weighted by atomic mass is 35.5. The Morgan fingerprint density at radius 3 is 2.73 bits per heavy atom. The van der Waals surface area contributed by atoms with Crippen molar-refractivity contribution in [3.05, 3.63) is 23.2 Å². The number of halogens is 1. The summed E-state index contributed by atoms with van der Waals surface area (Å²) in [5.74, 6) is -0.0842. The van der Waals surface area contributed by atoms with Crippen molar-refractivity contribution in [3.8, 4) is 5.75 Å². The van der Waals surface area contributed by atoms with Crippen LogP contribution in [0.4, 0.5) is 10.5 Å². The average Bonchev–Trinajstić information content (AvgIpc) is 2.10. The summed E-state index contributed by atoms with van der Waals surface area (Å²) in [4.78, 5) is 11.2. The number of benzene rings is 1. The van der Waals surface area contributed by atoms with E-state index in [-0.39, 0.29) is 16.9 Å². The largest absolute Gasteiger partial charge is 0.506 e. The molecule has 4 nitrogen and oxygen atoms in total. The second kappa shape index (κ2) is 4.89. The summed E-state index contributed by atoms with van der Waals surface area (Å²) in [7, 11) is 0. The zero-order chi connectivity index (χ0) is 11.4. The van der Waals surface area contributed by atoms with Gasteiger partial charge >= 0.3 is 6.09 Å². The molecule has 1 rings (SSSR count). The lowest BCUT2D eigenvalue weighted by Gasteiger charge is -2.09. The van der Waals surface area contributed by atoms with Crippen molar-refractivity contribution in [1.82, 2.24) is 0 Å². The molecule has 0 heterocycles. The Kier molecular flexibility index (Phi) is 3.80. The molecule has 0 saturated carbocycles. The number of phenolic OH excluding ortho intramolecular Hbond substituents is 1. The average molecular weight is 230 g/mol. The van der Waals surface area contributed by atoms with Crippen LogP contribution >= 0.6 is 11.6 Å². The molecule has 0 aliphatic rings. The van der Waals surface area contributed by atoms with Crippen molar-refractivity contribution in [2.24, 2.45) is 0 Å². The molecule has 15 heavy (non-hydrogen) atoms. The number of amides is 1. The summed E-state index contributed by atoms with van der Waals surface area (Å²) in [5, 5.41) is 12.0. The van der Waals surface area contributed by atoms with Gasteiger partial charge in [0.2, 0.25) is 0 Å². The highest BCUT2D eigenvalue weighted by molar-refractivity contribution is 6.32. The quantitative estimate of drug-likeness (QED) is 0.820. The SMILES string of the molecule is CC(C)OC(=O)Nc1ccc(Cl)c(O)c1. The minimum absolute atomic E-state index is 0.0842. The molecule has 0 unspecified atom stereocenters.